The molecule has 3 heteroatoms. The molecule has 1 N–H and O–H groups in total. The fraction of sp³-hybridized carbons (Fsp3) is 1.00. The van der Waals surface area contributed by atoms with Crippen molar-refractivity contribution in [1.29, 1.82) is 0 Å². The van der Waals surface area contributed by atoms with Crippen molar-refractivity contribution in [1.82, 2.24) is 0 Å². The molecule has 0 amide bonds. The highest BCUT2D eigenvalue weighted by Gasteiger charge is 2.08. The van der Waals surface area contributed by atoms with Gasteiger partial charge in [0.15, 0.2) is 0 Å². The fourth-order valence-electron chi connectivity index (χ4n) is 1.35. The molecule has 0 aliphatic rings. The largest absolute Gasteiger partial charge is 0.380 e. The van der Waals surface area contributed by atoms with Gasteiger partial charge in [0.25, 0.3) is 0 Å². The lowest BCUT2D eigenvalue weighted by Gasteiger charge is -2.07. The molecule has 0 rings (SSSR count). The van der Waals surface area contributed by atoms with E-state index in [1.54, 1.807) is 0 Å². The van der Waals surface area contributed by atoms with Crippen LogP contribution in [0, 0.1) is 0 Å². The van der Waals surface area contributed by atoms with E-state index in [2.05, 4.69) is 6.92 Å². The van der Waals surface area contributed by atoms with Crippen LogP contribution in [0.1, 0.15) is 58.8 Å². The second-order valence-electron chi connectivity index (χ2n) is 3.72. The van der Waals surface area contributed by atoms with E-state index < -0.39 is 16.2 Å². The van der Waals surface area contributed by atoms with Gasteiger partial charge in [0.2, 0.25) is 0 Å². The number of rotatable bonds is 9. The minimum Gasteiger partial charge on any atom is -0.380 e. The van der Waals surface area contributed by atoms with Crippen molar-refractivity contribution in [2.24, 2.45) is 0 Å². The van der Waals surface area contributed by atoms with Crippen LogP contribution in [-0.4, -0.2) is 20.5 Å². The third kappa shape index (κ3) is 7.51. The molecule has 2 unspecified atom stereocenters. The first kappa shape index (κ1) is 14.1. The summed E-state index contributed by atoms with van der Waals surface area (Å²) in [6.07, 6.45) is 7.85. The summed E-state index contributed by atoms with van der Waals surface area (Å²) in [7, 11) is -1.02. The summed E-state index contributed by atoms with van der Waals surface area (Å²) in [4.78, 5) is 0. The van der Waals surface area contributed by atoms with Gasteiger partial charge in [-0.1, -0.05) is 46.0 Å². The van der Waals surface area contributed by atoms with E-state index in [0.717, 1.165) is 12.8 Å². The van der Waals surface area contributed by atoms with Gasteiger partial charge < -0.3 is 5.11 Å². The van der Waals surface area contributed by atoms with Crippen LogP contribution < -0.4 is 0 Å². The molecule has 0 fully saturated rings. The van der Waals surface area contributed by atoms with E-state index in [1.807, 2.05) is 6.92 Å². The molecule has 86 valence electrons. The Balaban J connectivity index is 3.23. The maximum absolute atomic E-state index is 11.3. The number of hydrogen-bond donors (Lipinski definition) is 1. The van der Waals surface area contributed by atoms with Crippen LogP contribution in [0.4, 0.5) is 0 Å². The Morgan fingerprint density at radius 2 is 1.64 bits per heavy atom. The summed E-state index contributed by atoms with van der Waals surface area (Å²) in [5, 5.41) is 9.27. The highest BCUT2D eigenvalue weighted by molar-refractivity contribution is 7.85. The molecule has 0 saturated carbocycles. The molecule has 0 aromatic rings. The summed E-state index contributed by atoms with van der Waals surface area (Å²) < 4.78 is 11.3. The van der Waals surface area contributed by atoms with Gasteiger partial charge in [-0.05, 0) is 12.8 Å². The lowest BCUT2D eigenvalue weighted by molar-refractivity contribution is 0.252. The van der Waals surface area contributed by atoms with Crippen LogP contribution in [-0.2, 0) is 10.8 Å². The van der Waals surface area contributed by atoms with Crippen molar-refractivity contribution in [3.8, 4) is 0 Å². The predicted molar refractivity (Wildman–Crippen MR) is 62.7 cm³/mol. The highest BCUT2D eigenvalue weighted by Crippen LogP contribution is 2.07. The Morgan fingerprint density at radius 3 is 2.21 bits per heavy atom. The fourth-order valence-corrected chi connectivity index (χ4v) is 2.48. The van der Waals surface area contributed by atoms with Crippen LogP contribution in [0.5, 0.6) is 0 Å². The van der Waals surface area contributed by atoms with E-state index in [4.69, 9.17) is 0 Å². The van der Waals surface area contributed by atoms with Crippen LogP contribution in [0.2, 0.25) is 0 Å². The molecule has 2 atom stereocenters. The first-order valence-electron chi connectivity index (χ1n) is 5.77. The summed E-state index contributed by atoms with van der Waals surface area (Å²) in [5.41, 5.74) is -0.606. The predicted octanol–water partition coefficient (Wildman–Crippen LogP) is 2.82. The smallest absolute Gasteiger partial charge is 0.128 e. The van der Waals surface area contributed by atoms with Crippen molar-refractivity contribution in [2.45, 2.75) is 64.2 Å². The van der Waals surface area contributed by atoms with Crippen molar-refractivity contribution in [3.63, 3.8) is 0 Å². The molecule has 0 aromatic heterocycles. The molecule has 2 nitrogen and oxygen atoms in total. The third-order valence-corrected chi connectivity index (χ3v) is 3.98. The van der Waals surface area contributed by atoms with E-state index >= 15 is 0 Å². The molecule has 0 radical (unpaired) electrons. The van der Waals surface area contributed by atoms with E-state index in [1.165, 1.54) is 25.7 Å². The first-order chi connectivity index (χ1) is 6.72. The van der Waals surface area contributed by atoms with Crippen molar-refractivity contribution >= 4 is 10.8 Å². The first-order valence-corrected chi connectivity index (χ1v) is 7.15. The van der Waals surface area contributed by atoms with Gasteiger partial charge in [-0.25, -0.2) is 0 Å². The van der Waals surface area contributed by atoms with Crippen molar-refractivity contribution in [3.05, 3.63) is 0 Å². The van der Waals surface area contributed by atoms with E-state index in [9.17, 15) is 9.32 Å². The number of unbranched alkanes of at least 4 members (excludes halogenated alkanes) is 5. The van der Waals surface area contributed by atoms with Crippen LogP contribution in [0.15, 0.2) is 0 Å². The zero-order valence-corrected chi connectivity index (χ0v) is 10.3. The Labute approximate surface area is 90.6 Å². The van der Waals surface area contributed by atoms with Gasteiger partial charge >= 0.3 is 0 Å². The second kappa shape index (κ2) is 9.66. The summed E-state index contributed by atoms with van der Waals surface area (Å²) in [6, 6.07) is 0. The molecule has 0 heterocycles. The number of hydrogen-bond acceptors (Lipinski definition) is 2. The maximum atomic E-state index is 11.3. The summed E-state index contributed by atoms with van der Waals surface area (Å²) in [6.45, 7) is 4.07. The molecule has 0 aliphatic heterocycles. The van der Waals surface area contributed by atoms with Gasteiger partial charge in [0.05, 0.1) is 10.8 Å². The zero-order valence-electron chi connectivity index (χ0n) is 9.50. The third-order valence-electron chi connectivity index (χ3n) is 2.35. The highest BCUT2D eigenvalue weighted by atomic mass is 32.2. The maximum Gasteiger partial charge on any atom is 0.128 e. The molecule has 0 saturated heterocycles. The Bertz CT molecular complexity index is 148. The molecule has 14 heavy (non-hydrogen) atoms. The van der Waals surface area contributed by atoms with Crippen molar-refractivity contribution < 1.29 is 9.32 Å². The Kier molecular flexibility index (Phi) is 9.73. The number of aliphatic hydroxyl groups is 1. The van der Waals surface area contributed by atoms with Crippen molar-refractivity contribution in [2.75, 3.05) is 5.75 Å². The Hall–Kier alpha value is 0.110. The topological polar surface area (TPSA) is 37.3 Å². The quantitative estimate of drug-likeness (QED) is 0.607. The average Bonchev–Trinajstić information content (AvgIpc) is 2.21. The second-order valence-corrected chi connectivity index (χ2v) is 5.43. The molecular weight excluding hydrogens is 196 g/mol. The van der Waals surface area contributed by atoms with E-state index in [-0.39, 0.29) is 0 Å². The van der Waals surface area contributed by atoms with Gasteiger partial charge in [-0.3, -0.25) is 4.21 Å². The standard InChI is InChI=1S/C11H24O2S/c1-3-5-6-7-8-9-10-14(13)11(12)4-2/h11-12H,3-10H2,1-2H3. The summed E-state index contributed by atoms with van der Waals surface area (Å²) >= 11 is 0. The van der Waals surface area contributed by atoms with Gasteiger partial charge in [-0.2, -0.15) is 0 Å². The van der Waals surface area contributed by atoms with Gasteiger partial charge in [-0.15, -0.1) is 0 Å². The Morgan fingerprint density at radius 1 is 1.07 bits per heavy atom. The zero-order chi connectivity index (χ0) is 10.8. The molecular formula is C11H24O2S. The average molecular weight is 220 g/mol. The molecule has 0 aliphatic carbocycles. The lowest BCUT2D eigenvalue weighted by Crippen LogP contribution is -2.15. The number of aliphatic hydroxyl groups excluding tert-OH is 1. The van der Waals surface area contributed by atoms with Crippen LogP contribution >= 0.6 is 0 Å². The van der Waals surface area contributed by atoms with Gasteiger partial charge in [0, 0.05) is 5.75 Å². The monoisotopic (exact) mass is 220 g/mol. The van der Waals surface area contributed by atoms with Crippen LogP contribution in [0.25, 0.3) is 0 Å². The normalized spacial score (nSPS) is 15.4. The molecule has 0 bridgehead atoms. The van der Waals surface area contributed by atoms with E-state index in [0.29, 0.717) is 12.2 Å². The molecule has 0 aromatic carbocycles. The summed E-state index contributed by atoms with van der Waals surface area (Å²) in [5.74, 6) is 0.668. The van der Waals surface area contributed by atoms with Crippen LogP contribution in [0.3, 0.4) is 0 Å². The molecule has 0 spiro atoms. The minimum atomic E-state index is -1.02. The van der Waals surface area contributed by atoms with Gasteiger partial charge in [0.1, 0.15) is 5.44 Å². The lowest BCUT2D eigenvalue weighted by atomic mass is 10.1. The SMILES string of the molecule is CCCCCCCCS(=O)C(O)CC. The minimum absolute atomic E-state index is 0.600.